The first-order chi connectivity index (χ1) is 7.79. The number of hydrogen-bond acceptors (Lipinski definition) is 4. The summed E-state index contributed by atoms with van der Waals surface area (Å²) in [5.41, 5.74) is 1.64. The van der Waals surface area contributed by atoms with Crippen molar-refractivity contribution in [2.24, 2.45) is 0 Å². The summed E-state index contributed by atoms with van der Waals surface area (Å²) in [5, 5.41) is 10.4. The molecule has 0 spiro atoms. The SMILES string of the molecule is N=Cc1ccc(Br)cc1Nc1ccncn1. The first-order valence-electron chi connectivity index (χ1n) is 4.62. The highest BCUT2D eigenvalue weighted by atomic mass is 79.9. The molecule has 80 valence electrons. The first-order valence-corrected chi connectivity index (χ1v) is 5.42. The Morgan fingerprint density at radius 1 is 1.31 bits per heavy atom. The van der Waals surface area contributed by atoms with Crippen LogP contribution in [0.25, 0.3) is 0 Å². The molecule has 0 aliphatic heterocycles. The minimum atomic E-state index is 0.705. The smallest absolute Gasteiger partial charge is 0.133 e. The van der Waals surface area contributed by atoms with Gasteiger partial charge in [0, 0.05) is 28.1 Å². The number of anilines is 2. The molecule has 0 radical (unpaired) electrons. The second-order valence-electron chi connectivity index (χ2n) is 3.10. The van der Waals surface area contributed by atoms with E-state index >= 15 is 0 Å². The zero-order valence-electron chi connectivity index (χ0n) is 8.31. The predicted octanol–water partition coefficient (Wildman–Crippen LogP) is 2.98. The molecule has 0 atom stereocenters. The second-order valence-corrected chi connectivity index (χ2v) is 4.01. The van der Waals surface area contributed by atoms with E-state index in [4.69, 9.17) is 5.41 Å². The quantitative estimate of drug-likeness (QED) is 0.848. The van der Waals surface area contributed by atoms with Crippen LogP contribution in [0.5, 0.6) is 0 Å². The van der Waals surface area contributed by atoms with E-state index < -0.39 is 0 Å². The minimum Gasteiger partial charge on any atom is -0.340 e. The number of rotatable bonds is 3. The standard InChI is InChI=1S/C11H9BrN4/c12-9-2-1-8(6-13)10(5-9)16-11-3-4-14-7-15-11/h1-7,13H,(H,14,15,16). The Morgan fingerprint density at radius 2 is 2.19 bits per heavy atom. The molecule has 0 saturated heterocycles. The molecule has 1 heterocycles. The number of nitrogens with one attached hydrogen (secondary N) is 2. The molecule has 0 fully saturated rings. The molecule has 0 aliphatic rings. The van der Waals surface area contributed by atoms with Crippen LogP contribution in [-0.2, 0) is 0 Å². The molecule has 0 amide bonds. The normalized spacial score (nSPS) is 9.81. The summed E-state index contributed by atoms with van der Waals surface area (Å²) >= 11 is 3.39. The topological polar surface area (TPSA) is 61.7 Å². The minimum absolute atomic E-state index is 0.705. The van der Waals surface area contributed by atoms with Gasteiger partial charge >= 0.3 is 0 Å². The first kappa shape index (κ1) is 10.8. The Kier molecular flexibility index (Phi) is 3.26. The van der Waals surface area contributed by atoms with Crippen molar-refractivity contribution in [3.8, 4) is 0 Å². The van der Waals surface area contributed by atoms with Crippen molar-refractivity contribution in [1.29, 1.82) is 5.41 Å². The van der Waals surface area contributed by atoms with E-state index in [1.165, 1.54) is 12.5 Å². The highest BCUT2D eigenvalue weighted by molar-refractivity contribution is 9.10. The summed E-state index contributed by atoms with van der Waals surface area (Å²) in [4.78, 5) is 7.91. The summed E-state index contributed by atoms with van der Waals surface area (Å²) in [5.74, 6) is 0.705. The molecule has 2 aromatic rings. The average molecular weight is 277 g/mol. The summed E-state index contributed by atoms with van der Waals surface area (Å²) in [6, 6.07) is 7.43. The molecule has 1 aromatic carbocycles. The van der Waals surface area contributed by atoms with Gasteiger partial charge in [-0.3, -0.25) is 0 Å². The highest BCUT2D eigenvalue weighted by Crippen LogP contribution is 2.22. The third-order valence-electron chi connectivity index (χ3n) is 2.02. The molecule has 2 rings (SSSR count). The monoisotopic (exact) mass is 276 g/mol. The number of nitrogens with zero attached hydrogens (tertiary/aromatic N) is 2. The lowest BCUT2D eigenvalue weighted by Crippen LogP contribution is -1.97. The van der Waals surface area contributed by atoms with Gasteiger partial charge < -0.3 is 10.7 Å². The Balaban J connectivity index is 2.33. The molecule has 0 saturated carbocycles. The number of hydrogen-bond donors (Lipinski definition) is 2. The molecule has 16 heavy (non-hydrogen) atoms. The lowest BCUT2D eigenvalue weighted by atomic mass is 10.2. The number of benzene rings is 1. The maximum atomic E-state index is 7.31. The van der Waals surface area contributed by atoms with Crippen LogP contribution in [0.15, 0.2) is 41.3 Å². The van der Waals surface area contributed by atoms with E-state index in [0.29, 0.717) is 5.82 Å². The molecule has 0 unspecified atom stereocenters. The zero-order chi connectivity index (χ0) is 11.4. The van der Waals surface area contributed by atoms with Crippen LogP contribution in [-0.4, -0.2) is 16.2 Å². The molecule has 1 aromatic heterocycles. The van der Waals surface area contributed by atoms with Crippen LogP contribution in [0.1, 0.15) is 5.56 Å². The maximum Gasteiger partial charge on any atom is 0.133 e. The van der Waals surface area contributed by atoms with E-state index in [2.05, 4.69) is 31.2 Å². The van der Waals surface area contributed by atoms with Crippen molar-refractivity contribution >= 4 is 33.6 Å². The largest absolute Gasteiger partial charge is 0.340 e. The van der Waals surface area contributed by atoms with Gasteiger partial charge in [0.2, 0.25) is 0 Å². The lowest BCUT2D eigenvalue weighted by Gasteiger charge is -2.08. The fraction of sp³-hybridized carbons (Fsp3) is 0. The van der Waals surface area contributed by atoms with Crippen LogP contribution in [0.4, 0.5) is 11.5 Å². The molecule has 5 heteroatoms. The van der Waals surface area contributed by atoms with Gasteiger partial charge in [-0.1, -0.05) is 22.0 Å². The predicted molar refractivity (Wildman–Crippen MR) is 67.3 cm³/mol. The van der Waals surface area contributed by atoms with Gasteiger partial charge in [0.15, 0.2) is 0 Å². The molecular weight excluding hydrogens is 268 g/mol. The van der Waals surface area contributed by atoms with Gasteiger partial charge in [-0.05, 0) is 18.2 Å². The Labute approximate surface area is 101 Å². The Hall–Kier alpha value is -1.75. The maximum absolute atomic E-state index is 7.31. The fourth-order valence-corrected chi connectivity index (χ4v) is 1.63. The van der Waals surface area contributed by atoms with E-state index in [9.17, 15) is 0 Å². The number of aromatic nitrogens is 2. The molecular formula is C11H9BrN4. The summed E-state index contributed by atoms with van der Waals surface area (Å²) < 4.78 is 0.953. The summed E-state index contributed by atoms with van der Waals surface area (Å²) in [7, 11) is 0. The van der Waals surface area contributed by atoms with Gasteiger partial charge in [0.05, 0.1) is 0 Å². The van der Waals surface area contributed by atoms with Crippen molar-refractivity contribution < 1.29 is 0 Å². The zero-order valence-corrected chi connectivity index (χ0v) is 9.90. The molecule has 4 nitrogen and oxygen atoms in total. The molecule has 2 N–H and O–H groups in total. The van der Waals surface area contributed by atoms with Gasteiger partial charge in [-0.2, -0.15) is 0 Å². The summed E-state index contributed by atoms with van der Waals surface area (Å²) in [6.45, 7) is 0. The van der Waals surface area contributed by atoms with E-state index in [-0.39, 0.29) is 0 Å². The van der Waals surface area contributed by atoms with Crippen LogP contribution < -0.4 is 5.32 Å². The average Bonchev–Trinajstić information content (AvgIpc) is 2.31. The van der Waals surface area contributed by atoms with E-state index in [1.807, 2.05) is 18.2 Å². The van der Waals surface area contributed by atoms with Crippen LogP contribution in [0.2, 0.25) is 0 Å². The van der Waals surface area contributed by atoms with Crippen LogP contribution in [0.3, 0.4) is 0 Å². The van der Waals surface area contributed by atoms with E-state index in [1.54, 1.807) is 12.3 Å². The Morgan fingerprint density at radius 3 is 2.88 bits per heavy atom. The van der Waals surface area contributed by atoms with Crippen molar-refractivity contribution in [3.05, 3.63) is 46.8 Å². The summed E-state index contributed by atoms with van der Waals surface area (Å²) in [6.07, 6.45) is 4.44. The van der Waals surface area contributed by atoms with Crippen molar-refractivity contribution in [2.75, 3.05) is 5.32 Å². The van der Waals surface area contributed by atoms with Gasteiger partial charge in [0.1, 0.15) is 12.1 Å². The lowest BCUT2D eigenvalue weighted by molar-refractivity contribution is 1.17. The Bertz CT molecular complexity index is 499. The van der Waals surface area contributed by atoms with Crippen LogP contribution >= 0.6 is 15.9 Å². The van der Waals surface area contributed by atoms with Gasteiger partial charge in [-0.25, -0.2) is 9.97 Å². The highest BCUT2D eigenvalue weighted by Gasteiger charge is 2.01. The van der Waals surface area contributed by atoms with Crippen molar-refractivity contribution in [1.82, 2.24) is 9.97 Å². The van der Waals surface area contributed by atoms with E-state index in [0.717, 1.165) is 15.7 Å². The second kappa shape index (κ2) is 4.85. The molecule has 0 bridgehead atoms. The van der Waals surface area contributed by atoms with Crippen LogP contribution in [0, 0.1) is 5.41 Å². The third-order valence-corrected chi connectivity index (χ3v) is 2.51. The van der Waals surface area contributed by atoms with Crippen molar-refractivity contribution in [2.45, 2.75) is 0 Å². The number of halogens is 1. The molecule has 0 aliphatic carbocycles. The third kappa shape index (κ3) is 2.43. The van der Waals surface area contributed by atoms with Gasteiger partial charge in [-0.15, -0.1) is 0 Å². The van der Waals surface area contributed by atoms with Crippen molar-refractivity contribution in [3.63, 3.8) is 0 Å². The van der Waals surface area contributed by atoms with Gasteiger partial charge in [0.25, 0.3) is 0 Å². The fourth-order valence-electron chi connectivity index (χ4n) is 1.27.